The first-order valence-corrected chi connectivity index (χ1v) is 8.98. The third kappa shape index (κ3) is 2.89. The van der Waals surface area contributed by atoms with E-state index in [2.05, 4.69) is 28.2 Å². The number of hydrogen-bond donors (Lipinski definition) is 2. The third-order valence-electron chi connectivity index (χ3n) is 3.56. The number of carboxylic acids is 1. The van der Waals surface area contributed by atoms with E-state index in [1.807, 2.05) is 0 Å². The standard InChI is InChI=1S/C13H19BrN2O3S/c1-2-3-4-5-15-9-11(17)16-10(13(18)19)8(6-14)7-20-12(9)16/h9,12,15H,2-7H2,1H3,(H,18,19)/t9?,12-/m0/s1. The monoisotopic (exact) mass is 362 g/mol. The number of hydrogen-bond acceptors (Lipinski definition) is 4. The minimum Gasteiger partial charge on any atom is -0.477 e. The summed E-state index contributed by atoms with van der Waals surface area (Å²) in [5.74, 6) is -0.467. The molecule has 2 aliphatic heterocycles. The molecule has 0 aliphatic carbocycles. The van der Waals surface area contributed by atoms with Gasteiger partial charge in [-0.05, 0) is 18.5 Å². The summed E-state index contributed by atoms with van der Waals surface area (Å²) in [5.41, 5.74) is 0.943. The van der Waals surface area contributed by atoms with E-state index in [-0.39, 0.29) is 23.0 Å². The van der Waals surface area contributed by atoms with Gasteiger partial charge in [-0.1, -0.05) is 35.7 Å². The van der Waals surface area contributed by atoms with Crippen molar-refractivity contribution in [1.82, 2.24) is 10.2 Å². The number of nitrogens with one attached hydrogen (secondary N) is 1. The molecule has 2 atom stereocenters. The van der Waals surface area contributed by atoms with Gasteiger partial charge in [0.1, 0.15) is 17.1 Å². The summed E-state index contributed by atoms with van der Waals surface area (Å²) in [5, 5.41) is 13.0. The lowest BCUT2D eigenvalue weighted by Gasteiger charge is -2.49. The van der Waals surface area contributed by atoms with E-state index in [4.69, 9.17) is 0 Å². The fraction of sp³-hybridized carbons (Fsp3) is 0.692. The number of alkyl halides is 1. The van der Waals surface area contributed by atoms with Gasteiger partial charge >= 0.3 is 5.97 Å². The summed E-state index contributed by atoms with van der Waals surface area (Å²) in [4.78, 5) is 25.0. The van der Waals surface area contributed by atoms with Crippen molar-refractivity contribution < 1.29 is 14.7 Å². The maximum absolute atomic E-state index is 12.2. The van der Waals surface area contributed by atoms with Crippen molar-refractivity contribution in [3.05, 3.63) is 11.3 Å². The van der Waals surface area contributed by atoms with E-state index in [1.165, 1.54) is 4.90 Å². The number of carbonyl (C=O) groups is 2. The molecule has 20 heavy (non-hydrogen) atoms. The van der Waals surface area contributed by atoms with Crippen molar-refractivity contribution in [2.75, 3.05) is 17.6 Å². The number of nitrogens with zero attached hydrogens (tertiary/aromatic N) is 1. The van der Waals surface area contributed by atoms with E-state index >= 15 is 0 Å². The molecular weight excluding hydrogens is 344 g/mol. The van der Waals surface area contributed by atoms with Crippen LogP contribution < -0.4 is 5.32 Å². The SMILES string of the molecule is CCCCCNC1C(=O)N2C(C(=O)O)=C(CBr)CS[C@@H]12. The summed E-state index contributed by atoms with van der Waals surface area (Å²) in [7, 11) is 0. The zero-order chi connectivity index (χ0) is 14.7. The second-order valence-corrected chi connectivity index (χ2v) is 6.61. The average Bonchev–Trinajstić information content (AvgIpc) is 2.45. The number of carbonyl (C=O) groups excluding carboxylic acids is 1. The lowest BCUT2D eigenvalue weighted by molar-refractivity contribution is -0.149. The van der Waals surface area contributed by atoms with Crippen molar-refractivity contribution in [2.24, 2.45) is 0 Å². The van der Waals surface area contributed by atoms with Gasteiger partial charge in [0, 0.05) is 11.1 Å². The van der Waals surface area contributed by atoms with Gasteiger partial charge in [0.2, 0.25) is 5.91 Å². The smallest absolute Gasteiger partial charge is 0.352 e. The highest BCUT2D eigenvalue weighted by Crippen LogP contribution is 2.40. The topological polar surface area (TPSA) is 69.6 Å². The van der Waals surface area contributed by atoms with Crippen LogP contribution in [0.2, 0.25) is 0 Å². The van der Waals surface area contributed by atoms with Gasteiger partial charge in [0.05, 0.1) is 0 Å². The minimum absolute atomic E-state index is 0.0713. The van der Waals surface area contributed by atoms with Crippen LogP contribution in [0, 0.1) is 0 Å². The number of amides is 1. The molecule has 2 rings (SSSR count). The van der Waals surface area contributed by atoms with Gasteiger partial charge in [0.15, 0.2) is 0 Å². The van der Waals surface area contributed by atoms with Crippen LogP contribution in [0.3, 0.4) is 0 Å². The lowest BCUT2D eigenvalue weighted by Crippen LogP contribution is -2.69. The number of carboxylic acid groups (broad SMARTS) is 1. The van der Waals surface area contributed by atoms with Crippen LogP contribution in [0.1, 0.15) is 26.2 Å². The molecular formula is C13H19BrN2O3S. The normalized spacial score (nSPS) is 25.5. The summed E-state index contributed by atoms with van der Waals surface area (Å²) in [6.45, 7) is 2.95. The first-order valence-electron chi connectivity index (χ1n) is 6.81. The number of thioether (sulfide) groups is 1. The molecule has 1 fully saturated rings. The van der Waals surface area contributed by atoms with Crippen molar-refractivity contribution >= 4 is 39.6 Å². The number of fused-ring (bicyclic) bond motifs is 1. The number of aliphatic carboxylic acids is 1. The van der Waals surface area contributed by atoms with Crippen LogP contribution in [0.25, 0.3) is 0 Å². The Morgan fingerprint density at radius 1 is 1.55 bits per heavy atom. The molecule has 2 aliphatic rings. The van der Waals surface area contributed by atoms with Gasteiger partial charge in [-0.25, -0.2) is 4.79 Å². The Labute approximate surface area is 131 Å². The van der Waals surface area contributed by atoms with E-state index in [0.717, 1.165) is 31.4 Å². The van der Waals surface area contributed by atoms with E-state index in [1.54, 1.807) is 11.8 Å². The van der Waals surface area contributed by atoms with Gasteiger partial charge in [-0.15, -0.1) is 11.8 Å². The van der Waals surface area contributed by atoms with E-state index < -0.39 is 5.97 Å². The molecule has 0 saturated carbocycles. The fourth-order valence-electron chi connectivity index (χ4n) is 2.47. The summed E-state index contributed by atoms with van der Waals surface area (Å²) >= 11 is 4.93. The highest BCUT2D eigenvalue weighted by Gasteiger charge is 2.52. The molecule has 1 saturated heterocycles. The van der Waals surface area contributed by atoms with Crippen LogP contribution in [0.15, 0.2) is 11.3 Å². The average molecular weight is 363 g/mol. The van der Waals surface area contributed by atoms with Gasteiger partial charge < -0.3 is 10.4 Å². The number of rotatable bonds is 7. The molecule has 112 valence electrons. The van der Waals surface area contributed by atoms with Crippen LogP contribution in [0.4, 0.5) is 0 Å². The zero-order valence-electron chi connectivity index (χ0n) is 11.4. The maximum Gasteiger partial charge on any atom is 0.352 e. The Morgan fingerprint density at radius 2 is 2.30 bits per heavy atom. The molecule has 7 heteroatoms. The molecule has 2 N–H and O–H groups in total. The quantitative estimate of drug-likeness (QED) is 0.410. The molecule has 0 spiro atoms. The molecule has 0 bridgehead atoms. The van der Waals surface area contributed by atoms with Crippen LogP contribution in [-0.4, -0.2) is 50.9 Å². The molecule has 0 radical (unpaired) electrons. The largest absolute Gasteiger partial charge is 0.477 e. The second-order valence-electron chi connectivity index (χ2n) is 4.94. The van der Waals surface area contributed by atoms with E-state index in [9.17, 15) is 14.7 Å². The summed E-state index contributed by atoms with van der Waals surface area (Å²) in [6.07, 6.45) is 3.33. The van der Waals surface area contributed by atoms with Crippen LogP contribution >= 0.6 is 27.7 Å². The second kappa shape index (κ2) is 6.95. The number of unbranched alkanes of at least 4 members (excludes halogenated alkanes) is 2. The van der Waals surface area contributed by atoms with Crippen molar-refractivity contribution in [3.8, 4) is 0 Å². The summed E-state index contributed by atoms with van der Waals surface area (Å²) < 4.78 is 0. The molecule has 0 aromatic heterocycles. The Balaban J connectivity index is 2.01. The van der Waals surface area contributed by atoms with Gasteiger partial charge in [0.25, 0.3) is 0 Å². The predicted molar refractivity (Wildman–Crippen MR) is 82.9 cm³/mol. The number of halogens is 1. The molecule has 2 heterocycles. The molecule has 1 amide bonds. The first-order chi connectivity index (χ1) is 9.61. The minimum atomic E-state index is -1.01. The molecule has 5 nitrogen and oxygen atoms in total. The molecule has 1 unspecified atom stereocenters. The van der Waals surface area contributed by atoms with Crippen molar-refractivity contribution in [3.63, 3.8) is 0 Å². The first kappa shape index (κ1) is 15.9. The fourth-order valence-corrected chi connectivity index (χ4v) is 4.57. The van der Waals surface area contributed by atoms with Gasteiger partial charge in [-0.3, -0.25) is 9.69 Å². The van der Waals surface area contributed by atoms with Crippen molar-refractivity contribution in [2.45, 2.75) is 37.6 Å². The van der Waals surface area contributed by atoms with Crippen molar-refractivity contribution in [1.29, 1.82) is 0 Å². The highest BCUT2D eigenvalue weighted by atomic mass is 79.9. The number of β-lactam (4-membered cyclic amide) rings is 1. The third-order valence-corrected chi connectivity index (χ3v) is 5.57. The summed E-state index contributed by atoms with van der Waals surface area (Å²) in [6, 6.07) is -0.233. The molecule has 0 aromatic rings. The Morgan fingerprint density at radius 3 is 2.90 bits per heavy atom. The van der Waals surface area contributed by atoms with Crippen LogP contribution in [0.5, 0.6) is 0 Å². The predicted octanol–water partition coefficient (Wildman–Crippen LogP) is 1.78. The maximum atomic E-state index is 12.2. The Bertz CT molecular complexity index is 441. The Hall–Kier alpha value is -0.530. The van der Waals surface area contributed by atoms with Gasteiger partial charge in [-0.2, -0.15) is 0 Å². The zero-order valence-corrected chi connectivity index (χ0v) is 13.8. The van der Waals surface area contributed by atoms with Crippen LogP contribution in [-0.2, 0) is 9.59 Å². The van der Waals surface area contributed by atoms with E-state index in [0.29, 0.717) is 11.1 Å². The lowest BCUT2D eigenvalue weighted by atomic mass is 10.0. The molecule has 0 aromatic carbocycles. The Kier molecular flexibility index (Phi) is 5.51. The highest BCUT2D eigenvalue weighted by molar-refractivity contribution is 9.09.